The largest absolute Gasteiger partial charge is 0.423 e. The van der Waals surface area contributed by atoms with Crippen molar-refractivity contribution in [3.8, 4) is 0 Å². The van der Waals surface area contributed by atoms with Gasteiger partial charge < -0.3 is 24.7 Å². The molecule has 0 unspecified atom stereocenters. The Bertz CT molecular complexity index is 692. The number of fused-ring (bicyclic) bond motifs is 1. The van der Waals surface area contributed by atoms with Crippen molar-refractivity contribution in [2.24, 2.45) is 0 Å². The molecule has 24 heavy (non-hydrogen) atoms. The first-order chi connectivity index (χ1) is 10.5. The van der Waals surface area contributed by atoms with Crippen LogP contribution in [0.5, 0.6) is 0 Å². The van der Waals surface area contributed by atoms with E-state index in [0.717, 1.165) is 0 Å². The minimum Gasteiger partial charge on any atom is -0.423 e. The lowest BCUT2D eigenvalue weighted by molar-refractivity contribution is -0.123. The molecule has 0 saturated carbocycles. The lowest BCUT2D eigenvalue weighted by Gasteiger charge is -2.29. The lowest BCUT2D eigenvalue weighted by atomic mass is 10.1. The molecular formula is C15H22Cl2N4O3. The molecule has 2 aromatic rings. The number of amides is 1. The van der Waals surface area contributed by atoms with Crippen LogP contribution in [0.4, 0.5) is 11.7 Å². The number of nitrogens with zero attached hydrogens (tertiary/aromatic N) is 2. The van der Waals surface area contributed by atoms with Crippen molar-refractivity contribution >= 4 is 53.5 Å². The Morgan fingerprint density at radius 1 is 1.38 bits per heavy atom. The molecule has 2 atom stereocenters. The van der Waals surface area contributed by atoms with E-state index in [0.29, 0.717) is 36.0 Å². The number of ether oxygens (including phenoxy) is 1. The fourth-order valence-corrected chi connectivity index (χ4v) is 2.43. The molecule has 1 aromatic heterocycles. The van der Waals surface area contributed by atoms with Crippen molar-refractivity contribution in [1.82, 2.24) is 10.3 Å². The van der Waals surface area contributed by atoms with Crippen molar-refractivity contribution in [3.05, 3.63) is 18.2 Å². The SMILES string of the molecule is C[C@H]1OCCN[C@@H]1C(=O)Nc1ccc2oc(N(C)C)nc2c1.Cl.Cl. The smallest absolute Gasteiger partial charge is 0.297 e. The summed E-state index contributed by atoms with van der Waals surface area (Å²) in [6.07, 6.45) is -0.148. The number of carbonyl (C=O) groups excluding carboxylic acids is 1. The van der Waals surface area contributed by atoms with E-state index in [2.05, 4.69) is 15.6 Å². The Morgan fingerprint density at radius 2 is 2.12 bits per heavy atom. The Hall–Kier alpha value is -1.54. The van der Waals surface area contributed by atoms with E-state index in [4.69, 9.17) is 9.15 Å². The first-order valence-corrected chi connectivity index (χ1v) is 7.28. The second-order valence-electron chi connectivity index (χ2n) is 5.57. The van der Waals surface area contributed by atoms with E-state index < -0.39 is 0 Å². The molecule has 0 spiro atoms. The zero-order valence-corrected chi connectivity index (χ0v) is 15.4. The molecule has 7 nitrogen and oxygen atoms in total. The van der Waals surface area contributed by atoms with E-state index in [9.17, 15) is 4.79 Å². The maximum atomic E-state index is 12.3. The molecule has 0 aliphatic carbocycles. The number of morpholine rings is 1. The van der Waals surface area contributed by atoms with E-state index in [1.54, 1.807) is 23.1 Å². The topological polar surface area (TPSA) is 79.6 Å². The van der Waals surface area contributed by atoms with Crippen LogP contribution in [-0.2, 0) is 9.53 Å². The van der Waals surface area contributed by atoms with E-state index in [1.165, 1.54) is 0 Å². The van der Waals surface area contributed by atoms with Crippen LogP contribution in [0, 0.1) is 0 Å². The van der Waals surface area contributed by atoms with Crippen LogP contribution in [0.3, 0.4) is 0 Å². The molecule has 0 bridgehead atoms. The van der Waals surface area contributed by atoms with E-state index in [1.807, 2.05) is 21.0 Å². The normalized spacial score (nSPS) is 20.0. The average Bonchev–Trinajstić information content (AvgIpc) is 2.91. The number of halogens is 2. The lowest BCUT2D eigenvalue weighted by Crippen LogP contribution is -2.53. The highest BCUT2D eigenvalue weighted by atomic mass is 35.5. The number of anilines is 2. The molecule has 3 rings (SSSR count). The summed E-state index contributed by atoms with van der Waals surface area (Å²) in [5, 5.41) is 6.06. The number of nitrogens with one attached hydrogen (secondary N) is 2. The number of rotatable bonds is 3. The molecule has 0 radical (unpaired) electrons. The van der Waals surface area contributed by atoms with Crippen LogP contribution < -0.4 is 15.5 Å². The van der Waals surface area contributed by atoms with Crippen LogP contribution in [0.1, 0.15) is 6.92 Å². The zero-order valence-electron chi connectivity index (χ0n) is 13.7. The molecule has 9 heteroatoms. The van der Waals surface area contributed by atoms with Gasteiger partial charge in [0.05, 0.1) is 12.7 Å². The summed E-state index contributed by atoms with van der Waals surface area (Å²) in [5.41, 5.74) is 2.09. The van der Waals surface area contributed by atoms with Crippen molar-refractivity contribution in [2.75, 3.05) is 37.5 Å². The first kappa shape index (κ1) is 20.5. The van der Waals surface area contributed by atoms with Gasteiger partial charge in [0.25, 0.3) is 6.01 Å². The number of carbonyl (C=O) groups is 1. The standard InChI is InChI=1S/C15H20N4O3.2ClH/c1-9-13(16-6-7-21-9)14(20)17-10-4-5-12-11(8-10)18-15(22-12)19(2)3;;/h4-5,8-9,13,16H,6-7H2,1-3H3,(H,17,20);2*1H/t9-,13+;;/m1../s1. The van der Waals surface area contributed by atoms with E-state index >= 15 is 0 Å². The summed E-state index contributed by atoms with van der Waals surface area (Å²) >= 11 is 0. The Kier molecular flexibility index (Phi) is 7.28. The van der Waals surface area contributed by atoms with Crippen molar-refractivity contribution in [1.29, 1.82) is 0 Å². The third-order valence-electron chi connectivity index (χ3n) is 3.63. The van der Waals surface area contributed by atoms with Gasteiger partial charge in [0.2, 0.25) is 5.91 Å². The van der Waals surface area contributed by atoms with Crippen LogP contribution in [0.15, 0.2) is 22.6 Å². The van der Waals surface area contributed by atoms with Gasteiger partial charge in [-0.3, -0.25) is 4.79 Å². The second kappa shape index (κ2) is 8.53. The van der Waals surface area contributed by atoms with Gasteiger partial charge in [0, 0.05) is 26.3 Å². The number of aromatic nitrogens is 1. The Balaban J connectivity index is 0.00000144. The molecule has 2 N–H and O–H groups in total. The minimum absolute atomic E-state index is 0. The van der Waals surface area contributed by atoms with Crippen LogP contribution >= 0.6 is 24.8 Å². The highest BCUT2D eigenvalue weighted by Gasteiger charge is 2.28. The summed E-state index contributed by atoms with van der Waals surface area (Å²) in [5.74, 6) is -0.108. The summed E-state index contributed by atoms with van der Waals surface area (Å²) in [4.78, 5) is 18.5. The molecular weight excluding hydrogens is 355 g/mol. The fourth-order valence-electron chi connectivity index (χ4n) is 2.43. The summed E-state index contributed by atoms with van der Waals surface area (Å²) in [7, 11) is 3.73. The summed E-state index contributed by atoms with van der Waals surface area (Å²) in [6, 6.07) is 5.60. The van der Waals surface area contributed by atoms with Crippen molar-refractivity contribution in [2.45, 2.75) is 19.1 Å². The molecule has 2 heterocycles. The average molecular weight is 377 g/mol. The van der Waals surface area contributed by atoms with Gasteiger partial charge in [-0.05, 0) is 25.1 Å². The third kappa shape index (κ3) is 4.30. The van der Waals surface area contributed by atoms with Gasteiger partial charge in [-0.1, -0.05) is 0 Å². The van der Waals surface area contributed by atoms with Crippen molar-refractivity contribution < 1.29 is 13.9 Å². The van der Waals surface area contributed by atoms with Crippen molar-refractivity contribution in [3.63, 3.8) is 0 Å². The maximum absolute atomic E-state index is 12.3. The van der Waals surface area contributed by atoms with Crippen LogP contribution in [0.2, 0.25) is 0 Å². The molecule has 1 aliphatic heterocycles. The Labute approximate surface area is 152 Å². The predicted octanol–water partition coefficient (Wildman–Crippen LogP) is 2.05. The number of benzene rings is 1. The van der Waals surface area contributed by atoms with Gasteiger partial charge in [0.1, 0.15) is 11.6 Å². The predicted molar refractivity (Wildman–Crippen MR) is 98.7 cm³/mol. The molecule has 134 valence electrons. The third-order valence-corrected chi connectivity index (χ3v) is 3.63. The highest BCUT2D eigenvalue weighted by Crippen LogP contribution is 2.23. The fraction of sp³-hybridized carbons (Fsp3) is 0.467. The minimum atomic E-state index is -0.348. The van der Waals surface area contributed by atoms with Gasteiger partial charge in [0.15, 0.2) is 5.58 Å². The van der Waals surface area contributed by atoms with Gasteiger partial charge in [-0.15, -0.1) is 24.8 Å². The second-order valence-corrected chi connectivity index (χ2v) is 5.57. The number of hydrogen-bond donors (Lipinski definition) is 2. The zero-order chi connectivity index (χ0) is 15.7. The van der Waals surface area contributed by atoms with Gasteiger partial charge in [-0.25, -0.2) is 0 Å². The highest BCUT2D eigenvalue weighted by molar-refractivity contribution is 5.96. The molecule has 1 saturated heterocycles. The monoisotopic (exact) mass is 376 g/mol. The quantitative estimate of drug-likeness (QED) is 0.853. The summed E-state index contributed by atoms with van der Waals surface area (Å²) in [6.45, 7) is 3.20. The Morgan fingerprint density at radius 3 is 2.79 bits per heavy atom. The number of oxazole rings is 1. The maximum Gasteiger partial charge on any atom is 0.297 e. The molecule has 1 fully saturated rings. The number of hydrogen-bond acceptors (Lipinski definition) is 6. The summed E-state index contributed by atoms with van der Waals surface area (Å²) < 4.78 is 11.1. The molecule has 1 amide bonds. The molecule has 1 aliphatic rings. The first-order valence-electron chi connectivity index (χ1n) is 7.28. The van der Waals surface area contributed by atoms with Gasteiger partial charge >= 0.3 is 0 Å². The molecule has 1 aromatic carbocycles. The van der Waals surface area contributed by atoms with Gasteiger partial charge in [-0.2, -0.15) is 4.98 Å². The van der Waals surface area contributed by atoms with E-state index in [-0.39, 0.29) is 42.9 Å². The van der Waals surface area contributed by atoms with Crippen LogP contribution in [-0.4, -0.2) is 50.3 Å². The van der Waals surface area contributed by atoms with Crippen LogP contribution in [0.25, 0.3) is 11.1 Å².